The number of rotatable bonds is 3. The SMILES string of the molecule is Cl.Clc1ccc2nc(CN3CCC(N4CCNCC4)C3)cn2c1. The highest BCUT2D eigenvalue weighted by atomic mass is 35.5. The van der Waals surface area contributed by atoms with E-state index in [4.69, 9.17) is 16.6 Å². The second-order valence-electron chi connectivity index (χ2n) is 6.31. The molecule has 4 heterocycles. The summed E-state index contributed by atoms with van der Waals surface area (Å²) >= 11 is 6.03. The Labute approximate surface area is 148 Å². The number of halogens is 2. The van der Waals surface area contributed by atoms with Crippen molar-refractivity contribution in [1.29, 1.82) is 0 Å². The molecule has 2 aromatic heterocycles. The van der Waals surface area contributed by atoms with Gasteiger partial charge < -0.3 is 9.72 Å². The fourth-order valence-corrected chi connectivity index (χ4v) is 3.79. The highest BCUT2D eigenvalue weighted by Crippen LogP contribution is 2.19. The fourth-order valence-electron chi connectivity index (χ4n) is 3.62. The van der Waals surface area contributed by atoms with Crippen molar-refractivity contribution in [3.8, 4) is 0 Å². The lowest BCUT2D eigenvalue weighted by Crippen LogP contribution is -2.49. The van der Waals surface area contributed by atoms with E-state index in [9.17, 15) is 0 Å². The second-order valence-corrected chi connectivity index (χ2v) is 6.75. The number of hydrogen-bond acceptors (Lipinski definition) is 4. The Kier molecular flexibility index (Phi) is 5.44. The lowest BCUT2D eigenvalue weighted by Gasteiger charge is -2.32. The van der Waals surface area contributed by atoms with Crippen molar-refractivity contribution in [2.24, 2.45) is 0 Å². The Hall–Kier alpha value is -0.850. The monoisotopic (exact) mass is 355 g/mol. The Morgan fingerprint density at radius 3 is 2.83 bits per heavy atom. The predicted octanol–water partition coefficient (Wildman–Crippen LogP) is 1.89. The molecular formula is C16H23Cl2N5. The first-order valence-electron chi connectivity index (χ1n) is 8.08. The smallest absolute Gasteiger partial charge is 0.137 e. The van der Waals surface area contributed by atoms with E-state index in [0.717, 1.165) is 42.5 Å². The highest BCUT2D eigenvalue weighted by Gasteiger charge is 2.28. The molecule has 0 amide bonds. The first-order valence-corrected chi connectivity index (χ1v) is 8.46. The summed E-state index contributed by atoms with van der Waals surface area (Å²) in [6.45, 7) is 7.89. The molecular weight excluding hydrogens is 333 g/mol. The number of hydrogen-bond donors (Lipinski definition) is 1. The van der Waals surface area contributed by atoms with Crippen LogP contribution in [0.2, 0.25) is 5.02 Å². The third-order valence-corrected chi connectivity index (χ3v) is 4.99. The molecule has 1 unspecified atom stereocenters. The van der Waals surface area contributed by atoms with E-state index < -0.39 is 0 Å². The van der Waals surface area contributed by atoms with Gasteiger partial charge in [-0.15, -0.1) is 12.4 Å². The topological polar surface area (TPSA) is 35.8 Å². The van der Waals surface area contributed by atoms with Crippen LogP contribution in [0.4, 0.5) is 0 Å². The average molecular weight is 356 g/mol. The minimum absolute atomic E-state index is 0. The number of pyridine rings is 1. The van der Waals surface area contributed by atoms with Crippen LogP contribution in [0.3, 0.4) is 0 Å². The maximum Gasteiger partial charge on any atom is 0.137 e. The van der Waals surface area contributed by atoms with Crippen LogP contribution in [0.5, 0.6) is 0 Å². The number of nitrogens with zero attached hydrogens (tertiary/aromatic N) is 4. The number of piperazine rings is 1. The Balaban J connectivity index is 0.00000156. The first-order chi connectivity index (χ1) is 10.8. The lowest BCUT2D eigenvalue weighted by molar-refractivity contribution is 0.170. The molecule has 4 rings (SSSR count). The molecule has 126 valence electrons. The number of imidazole rings is 1. The highest BCUT2D eigenvalue weighted by molar-refractivity contribution is 6.30. The van der Waals surface area contributed by atoms with Gasteiger partial charge in [0.15, 0.2) is 0 Å². The number of likely N-dealkylation sites (tertiary alicyclic amines) is 1. The van der Waals surface area contributed by atoms with Crippen molar-refractivity contribution in [3.05, 3.63) is 35.2 Å². The van der Waals surface area contributed by atoms with Crippen molar-refractivity contribution >= 4 is 29.7 Å². The summed E-state index contributed by atoms with van der Waals surface area (Å²) in [5.41, 5.74) is 2.10. The molecule has 0 radical (unpaired) electrons. The van der Waals surface area contributed by atoms with Crippen molar-refractivity contribution in [3.63, 3.8) is 0 Å². The molecule has 2 aliphatic rings. The third-order valence-electron chi connectivity index (χ3n) is 4.77. The van der Waals surface area contributed by atoms with E-state index in [1.165, 1.54) is 26.1 Å². The van der Waals surface area contributed by atoms with Gasteiger partial charge in [-0.1, -0.05) is 11.6 Å². The van der Waals surface area contributed by atoms with Gasteiger partial charge in [-0.3, -0.25) is 9.80 Å². The molecule has 2 fully saturated rings. The summed E-state index contributed by atoms with van der Waals surface area (Å²) in [5.74, 6) is 0. The summed E-state index contributed by atoms with van der Waals surface area (Å²) < 4.78 is 2.02. The largest absolute Gasteiger partial charge is 0.314 e. The minimum atomic E-state index is 0. The van der Waals surface area contributed by atoms with Crippen LogP contribution in [0.25, 0.3) is 5.65 Å². The van der Waals surface area contributed by atoms with Crippen LogP contribution in [0.15, 0.2) is 24.5 Å². The van der Waals surface area contributed by atoms with E-state index in [0.29, 0.717) is 6.04 Å². The zero-order chi connectivity index (χ0) is 14.9. The summed E-state index contributed by atoms with van der Waals surface area (Å²) in [5, 5.41) is 4.18. The third kappa shape index (κ3) is 3.80. The standard InChI is InChI=1S/C16H22ClN5.ClH/c17-13-1-2-16-19-14(11-22(16)9-13)10-20-6-3-15(12-20)21-7-4-18-5-8-21;/h1-2,9,11,15,18H,3-8,10,12H2;1H. The van der Waals surface area contributed by atoms with E-state index in [-0.39, 0.29) is 12.4 Å². The molecule has 7 heteroatoms. The zero-order valence-electron chi connectivity index (χ0n) is 13.1. The van der Waals surface area contributed by atoms with Crippen LogP contribution in [-0.4, -0.2) is 64.5 Å². The number of aromatic nitrogens is 2. The Morgan fingerprint density at radius 1 is 1.17 bits per heavy atom. The molecule has 2 saturated heterocycles. The van der Waals surface area contributed by atoms with Gasteiger partial charge in [-0.05, 0) is 18.6 Å². The van der Waals surface area contributed by atoms with Crippen LogP contribution < -0.4 is 5.32 Å². The van der Waals surface area contributed by atoms with Gasteiger partial charge in [0, 0.05) is 64.2 Å². The molecule has 0 spiro atoms. The van der Waals surface area contributed by atoms with Crippen LogP contribution in [0.1, 0.15) is 12.1 Å². The van der Waals surface area contributed by atoms with Gasteiger partial charge in [-0.2, -0.15) is 0 Å². The number of fused-ring (bicyclic) bond motifs is 1. The summed E-state index contributed by atoms with van der Waals surface area (Å²) in [7, 11) is 0. The molecule has 1 atom stereocenters. The Bertz CT molecular complexity index is 653. The van der Waals surface area contributed by atoms with Gasteiger partial charge in [0.25, 0.3) is 0 Å². The quantitative estimate of drug-likeness (QED) is 0.911. The number of nitrogens with one attached hydrogen (secondary N) is 1. The van der Waals surface area contributed by atoms with Crippen molar-refractivity contribution < 1.29 is 0 Å². The molecule has 0 bridgehead atoms. The summed E-state index contributed by atoms with van der Waals surface area (Å²) in [6, 6.07) is 4.58. The lowest BCUT2D eigenvalue weighted by atomic mass is 10.2. The molecule has 2 aliphatic heterocycles. The van der Waals surface area contributed by atoms with Crippen molar-refractivity contribution in [2.45, 2.75) is 19.0 Å². The van der Waals surface area contributed by atoms with Crippen molar-refractivity contribution in [2.75, 3.05) is 39.3 Å². The van der Waals surface area contributed by atoms with Gasteiger partial charge in [0.2, 0.25) is 0 Å². The summed E-state index contributed by atoms with van der Waals surface area (Å²) in [6.07, 6.45) is 5.29. The fraction of sp³-hybridized carbons (Fsp3) is 0.562. The van der Waals surface area contributed by atoms with Crippen molar-refractivity contribution in [1.82, 2.24) is 24.5 Å². The molecule has 0 aliphatic carbocycles. The predicted molar refractivity (Wildman–Crippen MR) is 95.6 cm³/mol. The van der Waals surface area contributed by atoms with Crippen LogP contribution >= 0.6 is 24.0 Å². The Morgan fingerprint density at radius 2 is 2.00 bits per heavy atom. The van der Waals surface area contributed by atoms with Gasteiger partial charge >= 0.3 is 0 Å². The molecule has 2 aromatic rings. The normalized spacial score (nSPS) is 23.3. The van der Waals surface area contributed by atoms with Crippen LogP contribution in [-0.2, 0) is 6.54 Å². The first kappa shape index (κ1) is 17.0. The van der Waals surface area contributed by atoms with Gasteiger partial charge in [0.1, 0.15) is 5.65 Å². The maximum atomic E-state index is 6.03. The molecule has 0 aromatic carbocycles. The molecule has 1 N–H and O–H groups in total. The summed E-state index contributed by atoms with van der Waals surface area (Å²) in [4.78, 5) is 9.86. The van der Waals surface area contributed by atoms with E-state index in [2.05, 4.69) is 21.3 Å². The molecule has 5 nitrogen and oxygen atoms in total. The van der Waals surface area contributed by atoms with E-state index in [1.807, 2.05) is 22.7 Å². The van der Waals surface area contributed by atoms with Gasteiger partial charge in [-0.25, -0.2) is 4.98 Å². The van der Waals surface area contributed by atoms with E-state index in [1.54, 1.807) is 0 Å². The minimum Gasteiger partial charge on any atom is -0.314 e. The molecule has 23 heavy (non-hydrogen) atoms. The van der Waals surface area contributed by atoms with Crippen LogP contribution in [0, 0.1) is 0 Å². The average Bonchev–Trinajstić information content (AvgIpc) is 3.14. The molecule has 0 saturated carbocycles. The van der Waals surface area contributed by atoms with E-state index >= 15 is 0 Å². The maximum absolute atomic E-state index is 6.03. The second kappa shape index (κ2) is 7.36. The zero-order valence-corrected chi connectivity index (χ0v) is 14.7. The van der Waals surface area contributed by atoms with Gasteiger partial charge in [0.05, 0.1) is 10.7 Å².